The molecule has 3 aromatic rings. The lowest BCUT2D eigenvalue weighted by atomic mass is 9.95. The van der Waals surface area contributed by atoms with Crippen LogP contribution in [0.25, 0.3) is 11.8 Å². The number of rotatable bonds is 7. The highest BCUT2D eigenvalue weighted by Gasteiger charge is 2.35. The van der Waals surface area contributed by atoms with E-state index in [0.29, 0.717) is 21.8 Å². The Morgan fingerprint density at radius 2 is 1.79 bits per heavy atom. The quantitative estimate of drug-likeness (QED) is 0.192. The number of imide groups is 1. The van der Waals surface area contributed by atoms with E-state index < -0.39 is 5.91 Å². The van der Waals surface area contributed by atoms with E-state index in [1.807, 2.05) is 30.5 Å². The third kappa shape index (κ3) is 5.61. The average Bonchev–Trinajstić information content (AvgIpc) is 3.34. The predicted octanol–water partition coefficient (Wildman–Crippen LogP) is 7.12. The number of nitro benzene ring substituents is 1. The molecule has 1 aromatic heterocycles. The van der Waals surface area contributed by atoms with Crippen molar-refractivity contribution in [3.63, 3.8) is 0 Å². The highest BCUT2D eigenvalue weighted by Crippen LogP contribution is 2.36. The van der Waals surface area contributed by atoms with Crippen LogP contribution in [0.15, 0.2) is 53.4 Å². The fourth-order valence-corrected chi connectivity index (χ4v) is 6.11. The van der Waals surface area contributed by atoms with Crippen molar-refractivity contribution in [3.05, 3.63) is 91.9 Å². The zero-order valence-corrected chi connectivity index (χ0v) is 22.6. The standard InChI is InChI=1S/C29H29FN4O4S/c1-18-14-21(15-27-28(35)32(29(36)39-27)17-20-8-10-22(30)11-9-20)19(2)33(18)24-12-13-25(26(16-24)34(37)38)31-23-6-4-3-5-7-23/h8-16,23,31H,3-7,17H2,1-2H3/b27-15-. The normalized spacial score (nSPS) is 17.3. The molecule has 8 nitrogen and oxygen atoms in total. The van der Waals surface area contributed by atoms with Crippen LogP contribution in [0.5, 0.6) is 0 Å². The van der Waals surface area contributed by atoms with E-state index in [1.54, 1.807) is 30.3 Å². The molecule has 1 aliphatic heterocycles. The Bertz CT molecular complexity index is 1480. The Morgan fingerprint density at radius 1 is 1.08 bits per heavy atom. The van der Waals surface area contributed by atoms with Gasteiger partial charge >= 0.3 is 0 Å². The molecular weight excluding hydrogens is 519 g/mol. The van der Waals surface area contributed by atoms with E-state index in [2.05, 4.69) is 5.32 Å². The van der Waals surface area contributed by atoms with Crippen LogP contribution in [0.1, 0.15) is 54.6 Å². The van der Waals surface area contributed by atoms with E-state index in [9.17, 15) is 24.1 Å². The molecular formula is C29H29FN4O4S. The van der Waals surface area contributed by atoms with E-state index in [1.165, 1.54) is 18.6 Å². The van der Waals surface area contributed by atoms with Gasteiger partial charge in [-0.1, -0.05) is 31.4 Å². The lowest BCUT2D eigenvalue weighted by Gasteiger charge is -2.24. The molecule has 10 heteroatoms. The summed E-state index contributed by atoms with van der Waals surface area (Å²) in [7, 11) is 0. The summed E-state index contributed by atoms with van der Waals surface area (Å²) in [5.41, 5.74) is 4.22. The van der Waals surface area contributed by atoms with Gasteiger partial charge in [-0.25, -0.2) is 4.39 Å². The van der Waals surface area contributed by atoms with E-state index in [4.69, 9.17) is 0 Å². The zero-order valence-electron chi connectivity index (χ0n) is 21.8. The monoisotopic (exact) mass is 548 g/mol. The molecule has 202 valence electrons. The molecule has 2 fully saturated rings. The number of amides is 2. The molecule has 39 heavy (non-hydrogen) atoms. The zero-order chi connectivity index (χ0) is 27.7. The van der Waals surface area contributed by atoms with Gasteiger partial charge in [0.1, 0.15) is 11.5 Å². The summed E-state index contributed by atoms with van der Waals surface area (Å²) in [4.78, 5) is 38.7. The lowest BCUT2D eigenvalue weighted by molar-refractivity contribution is -0.384. The number of carbonyl (C=O) groups is 2. The number of anilines is 1. The van der Waals surface area contributed by atoms with Gasteiger partial charge in [0.15, 0.2) is 0 Å². The van der Waals surface area contributed by atoms with Crippen molar-refractivity contribution in [2.75, 3.05) is 5.32 Å². The summed E-state index contributed by atoms with van der Waals surface area (Å²) in [6.07, 6.45) is 7.15. The van der Waals surface area contributed by atoms with Crippen LogP contribution >= 0.6 is 11.8 Å². The fourth-order valence-electron chi connectivity index (χ4n) is 5.28. The van der Waals surface area contributed by atoms with Crippen molar-refractivity contribution < 1.29 is 18.9 Å². The Hall–Kier alpha value is -3.92. The van der Waals surface area contributed by atoms with E-state index in [-0.39, 0.29) is 34.3 Å². The molecule has 2 aliphatic rings. The van der Waals surface area contributed by atoms with Crippen molar-refractivity contribution in [1.82, 2.24) is 9.47 Å². The first-order chi connectivity index (χ1) is 18.7. The summed E-state index contributed by atoms with van der Waals surface area (Å²) < 4.78 is 15.1. The van der Waals surface area contributed by atoms with Gasteiger partial charge in [0.25, 0.3) is 16.8 Å². The molecule has 1 saturated carbocycles. The molecule has 2 aromatic carbocycles. The Labute approximate surface area is 230 Å². The van der Waals surface area contributed by atoms with Crippen LogP contribution in [0.3, 0.4) is 0 Å². The Morgan fingerprint density at radius 3 is 2.49 bits per heavy atom. The lowest BCUT2D eigenvalue weighted by Crippen LogP contribution is -2.27. The molecule has 5 rings (SSSR count). The Kier molecular flexibility index (Phi) is 7.56. The molecule has 0 radical (unpaired) electrons. The second-order valence-corrected chi connectivity index (χ2v) is 11.0. The van der Waals surface area contributed by atoms with Crippen LogP contribution in [-0.2, 0) is 11.3 Å². The van der Waals surface area contributed by atoms with Crippen molar-refractivity contribution in [2.45, 2.75) is 58.5 Å². The molecule has 2 amide bonds. The van der Waals surface area contributed by atoms with Crippen LogP contribution < -0.4 is 5.32 Å². The van der Waals surface area contributed by atoms with Gasteiger partial charge < -0.3 is 9.88 Å². The number of carbonyl (C=O) groups excluding carboxylic acids is 2. The molecule has 1 aliphatic carbocycles. The SMILES string of the molecule is Cc1cc(/C=C2\SC(=O)N(Cc3ccc(F)cc3)C2=O)c(C)n1-c1ccc(NC2CCCCC2)c([N+](=O)[O-])c1. The summed E-state index contributed by atoms with van der Waals surface area (Å²) in [5.74, 6) is -0.795. The first-order valence-corrected chi connectivity index (χ1v) is 13.8. The van der Waals surface area contributed by atoms with Crippen molar-refractivity contribution in [3.8, 4) is 5.69 Å². The number of nitrogens with zero attached hydrogens (tertiary/aromatic N) is 3. The third-order valence-electron chi connectivity index (χ3n) is 7.29. The number of hydrogen-bond donors (Lipinski definition) is 1. The second-order valence-electron chi connectivity index (χ2n) is 9.99. The molecule has 0 unspecified atom stereocenters. The van der Waals surface area contributed by atoms with Crippen LogP contribution in [0, 0.1) is 29.8 Å². The number of halogens is 1. The fraction of sp³-hybridized carbons (Fsp3) is 0.310. The topological polar surface area (TPSA) is 97.5 Å². The number of nitrogens with one attached hydrogen (secondary N) is 1. The average molecular weight is 549 g/mol. The van der Waals surface area contributed by atoms with Crippen LogP contribution in [0.2, 0.25) is 0 Å². The maximum atomic E-state index is 13.2. The number of aromatic nitrogens is 1. The minimum Gasteiger partial charge on any atom is -0.377 e. The first-order valence-electron chi connectivity index (χ1n) is 13.0. The summed E-state index contributed by atoms with van der Waals surface area (Å²) in [6, 6.07) is 13.0. The minimum atomic E-state index is -0.409. The highest BCUT2D eigenvalue weighted by atomic mass is 32.2. The van der Waals surface area contributed by atoms with Gasteiger partial charge in [-0.2, -0.15) is 0 Å². The minimum absolute atomic E-state index is 0.0223. The van der Waals surface area contributed by atoms with Crippen molar-refractivity contribution in [1.29, 1.82) is 0 Å². The molecule has 0 atom stereocenters. The van der Waals surface area contributed by atoms with Gasteiger partial charge in [-0.15, -0.1) is 0 Å². The number of benzene rings is 2. The predicted molar refractivity (Wildman–Crippen MR) is 150 cm³/mol. The summed E-state index contributed by atoms with van der Waals surface area (Å²) >= 11 is 0.861. The van der Waals surface area contributed by atoms with Crippen molar-refractivity contribution >= 4 is 40.4 Å². The molecule has 1 N–H and O–H groups in total. The number of aryl methyl sites for hydroxylation is 1. The van der Waals surface area contributed by atoms with Crippen LogP contribution in [0.4, 0.5) is 20.6 Å². The molecule has 1 saturated heterocycles. The highest BCUT2D eigenvalue weighted by molar-refractivity contribution is 8.18. The largest absolute Gasteiger partial charge is 0.377 e. The molecule has 2 heterocycles. The molecule has 0 spiro atoms. The van der Waals surface area contributed by atoms with Gasteiger partial charge in [0.05, 0.1) is 22.1 Å². The maximum Gasteiger partial charge on any atom is 0.294 e. The number of thioether (sulfide) groups is 1. The number of nitro groups is 1. The number of hydrogen-bond acceptors (Lipinski definition) is 6. The first kappa shape index (κ1) is 26.7. The van der Waals surface area contributed by atoms with Crippen molar-refractivity contribution in [2.24, 2.45) is 0 Å². The van der Waals surface area contributed by atoms with Crippen LogP contribution in [-0.4, -0.2) is 31.6 Å². The van der Waals surface area contributed by atoms with Gasteiger partial charge in [-0.3, -0.25) is 24.6 Å². The smallest absolute Gasteiger partial charge is 0.294 e. The molecule has 0 bridgehead atoms. The summed E-state index contributed by atoms with van der Waals surface area (Å²) in [5, 5.41) is 14.9. The Balaban J connectivity index is 1.40. The van der Waals surface area contributed by atoms with E-state index in [0.717, 1.165) is 59.3 Å². The van der Waals surface area contributed by atoms with Gasteiger partial charge in [0, 0.05) is 23.5 Å². The van der Waals surface area contributed by atoms with E-state index >= 15 is 0 Å². The third-order valence-corrected chi connectivity index (χ3v) is 8.19. The second kappa shape index (κ2) is 11.1. The summed E-state index contributed by atoms with van der Waals surface area (Å²) in [6.45, 7) is 3.83. The maximum absolute atomic E-state index is 13.2. The van der Waals surface area contributed by atoms with Gasteiger partial charge in [-0.05, 0) is 86.0 Å². The van der Waals surface area contributed by atoms with Gasteiger partial charge in [0.2, 0.25) is 0 Å².